The van der Waals surface area contributed by atoms with E-state index in [1.165, 1.54) is 0 Å². The Morgan fingerprint density at radius 2 is 1.42 bits per heavy atom. The number of carbonyl (C=O) groups excluding carboxylic acids is 3. The van der Waals surface area contributed by atoms with Gasteiger partial charge in [-0.05, 0) is 166 Å². The molecule has 5 saturated carbocycles. The monoisotopic (exact) mass is 805 g/mol. The highest BCUT2D eigenvalue weighted by Crippen LogP contribution is 2.89. The number of hydrogen-bond acceptors (Lipinski definition) is 10. The molecule has 57 heavy (non-hydrogen) atoms. The number of rotatable bonds is 9. The Balaban J connectivity index is 1.17. The van der Waals surface area contributed by atoms with E-state index in [-0.39, 0.29) is 58.5 Å². The lowest BCUT2D eigenvalue weighted by atomic mass is 9.41. The molecule has 6 aliphatic rings. The smallest absolute Gasteiger partial charge is 0.408 e. The van der Waals surface area contributed by atoms with Gasteiger partial charge in [-0.3, -0.25) is 0 Å². The summed E-state index contributed by atoms with van der Waals surface area (Å²) in [6, 6.07) is -0.998. The van der Waals surface area contributed by atoms with Crippen LogP contribution in [-0.2, 0) is 23.7 Å². The zero-order valence-corrected chi connectivity index (χ0v) is 37.3. The maximum Gasteiger partial charge on any atom is 0.408 e. The lowest BCUT2D eigenvalue weighted by molar-refractivity contribution is -0.218. The molecule has 0 aromatic heterocycles. The van der Waals surface area contributed by atoms with E-state index in [4.69, 9.17) is 18.9 Å². The van der Waals surface area contributed by atoms with Gasteiger partial charge in [0.05, 0.1) is 29.5 Å². The molecule has 1 saturated heterocycles. The summed E-state index contributed by atoms with van der Waals surface area (Å²) < 4.78 is 23.9. The molecule has 0 aromatic carbocycles. The summed E-state index contributed by atoms with van der Waals surface area (Å²) in [6.07, 6.45) is 4.82. The number of aliphatic hydroxyl groups excluding tert-OH is 2. The Bertz CT molecular complexity index is 1560. The summed E-state index contributed by atoms with van der Waals surface area (Å²) >= 11 is 0. The highest BCUT2D eigenvalue weighted by atomic mass is 16.6. The van der Waals surface area contributed by atoms with E-state index < -0.39 is 70.3 Å². The number of aliphatic hydroxyl groups is 3. The van der Waals surface area contributed by atoms with Crippen LogP contribution in [-0.4, -0.2) is 92.9 Å². The van der Waals surface area contributed by atoms with Crippen molar-refractivity contribution in [3.8, 4) is 0 Å². The molecule has 6 fully saturated rings. The number of alkyl carbamates (subject to hydrolysis) is 2. The van der Waals surface area contributed by atoms with Gasteiger partial charge < -0.3 is 44.9 Å². The van der Waals surface area contributed by atoms with Gasteiger partial charge in [0.2, 0.25) is 0 Å². The molecular weight excluding hydrogens is 728 g/mol. The standard InChI is InChI=1S/C45H76N2O10/c1-37(2,3)56-35(51)46-22-14-15-26(47-36(52)57-38(4,5)6)34(50)54-30-17-19-45-25-44(45)21-20-41(11)33(43(13)18-16-31(55-43)40(9,10)53)28(49)24-42(41,12)29(44)23-27(48)32(45)39(30,7)8/h26-33,48-49,53H,14-25H2,1-13H3,(H,46,51)(H,47,52)/t26-,27-,28-,29?,30-,31-,32-,33-,41+,42-,43+,44?,45?/m0/s1. The van der Waals surface area contributed by atoms with E-state index in [9.17, 15) is 29.7 Å². The Kier molecular flexibility index (Phi) is 11.1. The maximum absolute atomic E-state index is 14.0. The predicted molar refractivity (Wildman–Crippen MR) is 215 cm³/mol. The average molecular weight is 805 g/mol. The summed E-state index contributed by atoms with van der Waals surface area (Å²) in [5.74, 6) is -0.480. The van der Waals surface area contributed by atoms with Gasteiger partial charge in [0.15, 0.2) is 0 Å². The summed E-state index contributed by atoms with van der Waals surface area (Å²) in [5.41, 5.74) is -3.92. The Hall–Kier alpha value is -2.15. The fourth-order valence-corrected chi connectivity index (χ4v) is 14.1. The van der Waals surface area contributed by atoms with Crippen molar-refractivity contribution in [2.75, 3.05) is 6.54 Å². The number of amides is 2. The molecule has 3 unspecified atom stereocenters. The average Bonchev–Trinajstić information content (AvgIpc) is 3.39. The fraction of sp³-hybridized carbons (Fsp3) is 0.933. The SMILES string of the molecule is CC(C)(C)OC(=O)NCCC[C@H](NC(=O)OC(C)(C)C)C(=O)O[C@H]1CCC23CC24CC[C@]2(C)[C@@H]([C@@]5(C)CC[C@@H](C(C)(C)O)O5)[C@@H](O)C[C@@]2(C)C4C[C@H](O)[C@H]3C1(C)C. The molecule has 5 aliphatic carbocycles. The second kappa shape index (κ2) is 14.2. The third-order valence-electron chi connectivity index (χ3n) is 16.3. The lowest BCUT2D eigenvalue weighted by Crippen LogP contribution is -2.62. The second-order valence-electron chi connectivity index (χ2n) is 23.1. The fourth-order valence-electron chi connectivity index (χ4n) is 14.1. The number of nitrogens with one attached hydrogen (secondary N) is 2. The summed E-state index contributed by atoms with van der Waals surface area (Å²) in [4.78, 5) is 39.2. The van der Waals surface area contributed by atoms with Gasteiger partial charge in [-0.1, -0.05) is 27.7 Å². The molecule has 0 bridgehead atoms. The number of hydrogen-bond donors (Lipinski definition) is 5. The van der Waals surface area contributed by atoms with Crippen molar-refractivity contribution in [2.24, 2.45) is 44.8 Å². The first-order chi connectivity index (χ1) is 25.9. The highest BCUT2D eigenvalue weighted by Gasteiger charge is 2.85. The lowest BCUT2D eigenvalue weighted by Gasteiger charge is -2.64. The molecule has 326 valence electrons. The molecule has 12 heteroatoms. The Morgan fingerprint density at radius 1 is 0.789 bits per heavy atom. The number of esters is 1. The highest BCUT2D eigenvalue weighted by molar-refractivity contribution is 5.81. The molecule has 0 radical (unpaired) electrons. The van der Waals surface area contributed by atoms with Crippen LogP contribution in [0.1, 0.15) is 161 Å². The Morgan fingerprint density at radius 3 is 2.02 bits per heavy atom. The molecule has 12 nitrogen and oxygen atoms in total. The van der Waals surface area contributed by atoms with Crippen LogP contribution in [0.4, 0.5) is 9.59 Å². The minimum absolute atomic E-state index is 0.0427. The first-order valence-electron chi connectivity index (χ1n) is 21.9. The van der Waals surface area contributed by atoms with E-state index in [0.717, 1.165) is 38.5 Å². The van der Waals surface area contributed by atoms with Crippen molar-refractivity contribution >= 4 is 18.2 Å². The zero-order valence-electron chi connectivity index (χ0n) is 37.3. The van der Waals surface area contributed by atoms with Gasteiger partial charge in [0.1, 0.15) is 23.3 Å². The maximum atomic E-state index is 14.0. The largest absolute Gasteiger partial charge is 0.460 e. The third-order valence-corrected chi connectivity index (χ3v) is 16.3. The van der Waals surface area contributed by atoms with Crippen molar-refractivity contribution in [2.45, 2.75) is 213 Å². The van der Waals surface area contributed by atoms with Crippen LogP contribution in [0.3, 0.4) is 0 Å². The molecular formula is C45H76N2O10. The van der Waals surface area contributed by atoms with E-state index in [0.29, 0.717) is 25.7 Å². The number of ether oxygens (including phenoxy) is 4. The van der Waals surface area contributed by atoms with Gasteiger partial charge in [0, 0.05) is 17.9 Å². The first kappa shape index (κ1) is 44.4. The Labute approximate surface area is 341 Å². The quantitative estimate of drug-likeness (QED) is 0.0913. The van der Waals surface area contributed by atoms with E-state index in [1.54, 1.807) is 41.5 Å². The molecule has 13 atom stereocenters. The summed E-state index contributed by atoms with van der Waals surface area (Å²) in [6.45, 7) is 25.7. The van der Waals surface area contributed by atoms with Gasteiger partial charge in [-0.25, -0.2) is 14.4 Å². The van der Waals surface area contributed by atoms with E-state index in [1.807, 2.05) is 13.8 Å². The van der Waals surface area contributed by atoms with Crippen molar-refractivity contribution in [1.29, 1.82) is 0 Å². The second-order valence-corrected chi connectivity index (χ2v) is 23.1. The van der Waals surface area contributed by atoms with Crippen LogP contribution in [0.2, 0.25) is 0 Å². The van der Waals surface area contributed by atoms with Crippen molar-refractivity contribution < 1.29 is 48.7 Å². The zero-order chi connectivity index (χ0) is 42.6. The molecule has 2 amide bonds. The minimum atomic E-state index is -0.998. The van der Waals surface area contributed by atoms with Gasteiger partial charge >= 0.3 is 18.2 Å². The summed E-state index contributed by atoms with van der Waals surface area (Å²) in [7, 11) is 0. The molecule has 1 aliphatic heterocycles. The minimum Gasteiger partial charge on any atom is -0.460 e. The molecule has 0 aromatic rings. The number of fused-ring (bicyclic) bond motifs is 2. The molecule has 6 rings (SSSR count). The molecule has 5 N–H and O–H groups in total. The van der Waals surface area contributed by atoms with Crippen LogP contribution < -0.4 is 10.6 Å². The first-order valence-corrected chi connectivity index (χ1v) is 21.9. The normalized spacial score (nSPS) is 42.7. The van der Waals surface area contributed by atoms with Crippen LogP contribution in [0.25, 0.3) is 0 Å². The third kappa shape index (κ3) is 7.62. The van der Waals surface area contributed by atoms with Crippen molar-refractivity contribution in [3.05, 3.63) is 0 Å². The van der Waals surface area contributed by atoms with Gasteiger partial charge in [-0.15, -0.1) is 0 Å². The van der Waals surface area contributed by atoms with Gasteiger partial charge in [0.25, 0.3) is 0 Å². The van der Waals surface area contributed by atoms with Crippen molar-refractivity contribution in [1.82, 2.24) is 10.6 Å². The molecule has 1 heterocycles. The van der Waals surface area contributed by atoms with Crippen LogP contribution in [0.5, 0.6) is 0 Å². The number of carbonyl (C=O) groups is 3. The van der Waals surface area contributed by atoms with Gasteiger partial charge in [-0.2, -0.15) is 0 Å². The van der Waals surface area contributed by atoms with Crippen LogP contribution in [0, 0.1) is 44.8 Å². The summed E-state index contributed by atoms with van der Waals surface area (Å²) in [5, 5.41) is 40.7. The van der Waals surface area contributed by atoms with Crippen LogP contribution >= 0.6 is 0 Å². The van der Waals surface area contributed by atoms with E-state index >= 15 is 0 Å². The topological polar surface area (TPSA) is 173 Å². The van der Waals surface area contributed by atoms with E-state index in [2.05, 4.69) is 45.3 Å². The molecule has 2 spiro atoms. The predicted octanol–water partition coefficient (Wildman–Crippen LogP) is 7.19. The van der Waals surface area contributed by atoms with Crippen molar-refractivity contribution in [3.63, 3.8) is 0 Å². The van der Waals surface area contributed by atoms with Crippen LogP contribution in [0.15, 0.2) is 0 Å².